The van der Waals surface area contributed by atoms with Crippen LogP contribution in [-0.4, -0.2) is 31.5 Å². The summed E-state index contributed by atoms with van der Waals surface area (Å²) in [6.07, 6.45) is 2.92. The van der Waals surface area contributed by atoms with Crippen molar-refractivity contribution in [2.24, 2.45) is 5.16 Å². The van der Waals surface area contributed by atoms with E-state index in [2.05, 4.69) is 15.9 Å². The quantitative estimate of drug-likeness (QED) is 0.777. The van der Waals surface area contributed by atoms with Crippen molar-refractivity contribution in [3.8, 4) is 5.75 Å². The molecule has 92 valence electrons. The number of ether oxygens (including phenoxy) is 1. The second kappa shape index (κ2) is 4.31. The molecule has 3 rings (SSSR count). The summed E-state index contributed by atoms with van der Waals surface area (Å²) in [7, 11) is 1.60. The predicted molar refractivity (Wildman–Crippen MR) is 67.9 cm³/mol. The van der Waals surface area contributed by atoms with E-state index in [0.717, 1.165) is 48.7 Å². The fourth-order valence-corrected chi connectivity index (χ4v) is 3.39. The van der Waals surface area contributed by atoms with Crippen LogP contribution >= 0.6 is 11.3 Å². The number of thiophene rings is 1. The molecule has 17 heavy (non-hydrogen) atoms. The molecule has 0 saturated carbocycles. The molecule has 1 aromatic heterocycles. The topological polar surface area (TPSA) is 42.8 Å². The van der Waals surface area contributed by atoms with Gasteiger partial charge in [-0.2, -0.15) is 0 Å². The van der Waals surface area contributed by atoms with E-state index >= 15 is 0 Å². The van der Waals surface area contributed by atoms with Crippen molar-refractivity contribution in [1.82, 2.24) is 5.32 Å². The van der Waals surface area contributed by atoms with Gasteiger partial charge < -0.3 is 14.9 Å². The highest BCUT2D eigenvalue weighted by Gasteiger charge is 2.41. The Kier molecular flexibility index (Phi) is 2.80. The normalized spacial score (nSPS) is 24.4. The third-order valence-electron chi connectivity index (χ3n) is 3.42. The summed E-state index contributed by atoms with van der Waals surface area (Å²) in [5.41, 5.74) is 0.960. The maximum atomic E-state index is 6.21. The van der Waals surface area contributed by atoms with Crippen molar-refractivity contribution in [2.45, 2.75) is 24.9 Å². The highest BCUT2D eigenvalue weighted by molar-refractivity contribution is 7.12. The average molecular weight is 252 g/mol. The van der Waals surface area contributed by atoms with Crippen LogP contribution in [0.3, 0.4) is 0 Å². The second-order valence-electron chi connectivity index (χ2n) is 4.55. The summed E-state index contributed by atoms with van der Waals surface area (Å²) in [5.74, 6) is 0.971. The highest BCUT2D eigenvalue weighted by atomic mass is 32.1. The molecule has 1 saturated heterocycles. The Morgan fingerprint density at radius 2 is 2.29 bits per heavy atom. The lowest BCUT2D eigenvalue weighted by atomic mass is 9.84. The molecule has 3 heterocycles. The zero-order valence-electron chi connectivity index (χ0n) is 9.86. The molecule has 0 unspecified atom stereocenters. The molecule has 0 bridgehead atoms. The molecule has 0 atom stereocenters. The van der Waals surface area contributed by atoms with Crippen LogP contribution in [0.1, 0.15) is 24.1 Å². The molecular formula is C12H16N2O2S. The van der Waals surface area contributed by atoms with Crippen LogP contribution in [-0.2, 0) is 4.84 Å². The summed E-state index contributed by atoms with van der Waals surface area (Å²) < 4.78 is 6.21. The van der Waals surface area contributed by atoms with Gasteiger partial charge >= 0.3 is 0 Å². The third kappa shape index (κ3) is 1.93. The monoisotopic (exact) mass is 252 g/mol. The molecule has 0 aliphatic carbocycles. The van der Waals surface area contributed by atoms with Crippen molar-refractivity contribution in [3.05, 3.63) is 16.3 Å². The fraction of sp³-hybridized carbons (Fsp3) is 0.583. The molecular weight excluding hydrogens is 236 g/mol. The Hall–Kier alpha value is -1.07. The number of hydrogen-bond donors (Lipinski definition) is 1. The first-order chi connectivity index (χ1) is 8.33. The van der Waals surface area contributed by atoms with E-state index in [9.17, 15) is 0 Å². The fourth-order valence-electron chi connectivity index (χ4n) is 2.59. The minimum atomic E-state index is -0.0727. The first-order valence-corrected chi connectivity index (χ1v) is 6.79. The summed E-state index contributed by atoms with van der Waals surface area (Å²) in [4.78, 5) is 6.09. The Balaban J connectivity index is 1.96. The van der Waals surface area contributed by atoms with Crippen LogP contribution < -0.4 is 10.1 Å². The maximum absolute atomic E-state index is 6.21. The van der Waals surface area contributed by atoms with E-state index in [1.165, 1.54) is 0 Å². The van der Waals surface area contributed by atoms with E-state index in [4.69, 9.17) is 9.57 Å². The van der Waals surface area contributed by atoms with E-state index in [-0.39, 0.29) is 5.60 Å². The minimum Gasteiger partial charge on any atom is -0.485 e. The molecule has 0 aromatic carbocycles. The zero-order valence-corrected chi connectivity index (χ0v) is 10.7. The van der Waals surface area contributed by atoms with Gasteiger partial charge in [-0.1, -0.05) is 5.16 Å². The Morgan fingerprint density at radius 1 is 1.47 bits per heavy atom. The molecule has 1 spiro atoms. The van der Waals surface area contributed by atoms with Crippen LogP contribution in [0, 0.1) is 0 Å². The number of rotatable bonds is 1. The van der Waals surface area contributed by atoms with Crippen molar-refractivity contribution < 1.29 is 9.57 Å². The number of hydrogen-bond acceptors (Lipinski definition) is 5. The number of fused-ring (bicyclic) bond motifs is 1. The van der Waals surface area contributed by atoms with Crippen LogP contribution in [0.15, 0.2) is 16.6 Å². The Bertz CT molecular complexity index is 435. The summed E-state index contributed by atoms with van der Waals surface area (Å²) in [6.45, 7) is 2.03. The van der Waals surface area contributed by atoms with Crippen molar-refractivity contribution >= 4 is 17.0 Å². The van der Waals surface area contributed by atoms with Gasteiger partial charge in [-0.05, 0) is 24.5 Å². The number of piperidine rings is 1. The van der Waals surface area contributed by atoms with E-state index in [1.54, 1.807) is 18.4 Å². The first-order valence-electron chi connectivity index (χ1n) is 5.91. The predicted octanol–water partition coefficient (Wildman–Crippen LogP) is 2.00. The van der Waals surface area contributed by atoms with Gasteiger partial charge in [-0.15, -0.1) is 11.3 Å². The standard InChI is InChI=1S/C12H16N2O2S/c1-15-14-9-8-12(3-5-13-6-4-12)16-10-2-7-17-11(9)10/h2,7,13H,3-6,8H2,1H3/b14-9+. The minimum absolute atomic E-state index is 0.0727. The second-order valence-corrected chi connectivity index (χ2v) is 5.46. The molecule has 0 amide bonds. The molecule has 2 aliphatic heterocycles. The van der Waals surface area contributed by atoms with Gasteiger partial charge in [0.15, 0.2) is 0 Å². The zero-order chi connectivity index (χ0) is 11.7. The Labute approximate surface area is 105 Å². The lowest BCUT2D eigenvalue weighted by Crippen LogP contribution is -2.49. The van der Waals surface area contributed by atoms with Gasteiger partial charge in [-0.25, -0.2) is 0 Å². The molecule has 5 heteroatoms. The molecule has 1 N–H and O–H groups in total. The third-order valence-corrected chi connectivity index (χ3v) is 4.37. The number of oxime groups is 1. The molecule has 0 radical (unpaired) electrons. The lowest BCUT2D eigenvalue weighted by Gasteiger charge is -2.40. The molecule has 2 aliphatic rings. The van der Waals surface area contributed by atoms with Crippen molar-refractivity contribution in [2.75, 3.05) is 20.2 Å². The van der Waals surface area contributed by atoms with Crippen LogP contribution in [0.2, 0.25) is 0 Å². The number of nitrogens with one attached hydrogen (secondary N) is 1. The van der Waals surface area contributed by atoms with Gasteiger partial charge in [0.1, 0.15) is 24.2 Å². The number of nitrogens with zero attached hydrogens (tertiary/aromatic N) is 1. The summed E-state index contributed by atoms with van der Waals surface area (Å²) in [5, 5.41) is 9.60. The van der Waals surface area contributed by atoms with E-state index in [0.29, 0.717) is 0 Å². The molecule has 4 nitrogen and oxygen atoms in total. The molecule has 1 aromatic rings. The SMILES string of the molecule is CO/N=C1\CC2(CCNCC2)Oc2ccsc21. The maximum Gasteiger partial charge on any atom is 0.140 e. The lowest BCUT2D eigenvalue weighted by molar-refractivity contribution is 0.0382. The van der Waals surface area contributed by atoms with Crippen molar-refractivity contribution in [1.29, 1.82) is 0 Å². The van der Waals surface area contributed by atoms with E-state index < -0.39 is 0 Å². The van der Waals surface area contributed by atoms with Crippen LogP contribution in [0.25, 0.3) is 0 Å². The average Bonchev–Trinajstić information content (AvgIpc) is 2.78. The largest absolute Gasteiger partial charge is 0.485 e. The van der Waals surface area contributed by atoms with Gasteiger partial charge in [0, 0.05) is 19.3 Å². The van der Waals surface area contributed by atoms with Gasteiger partial charge in [0.25, 0.3) is 0 Å². The smallest absolute Gasteiger partial charge is 0.140 e. The van der Waals surface area contributed by atoms with Gasteiger partial charge in [0.05, 0.1) is 4.88 Å². The van der Waals surface area contributed by atoms with Gasteiger partial charge in [0.2, 0.25) is 0 Å². The van der Waals surface area contributed by atoms with Crippen LogP contribution in [0.4, 0.5) is 0 Å². The summed E-state index contributed by atoms with van der Waals surface area (Å²) >= 11 is 1.67. The highest BCUT2D eigenvalue weighted by Crippen LogP contribution is 2.40. The van der Waals surface area contributed by atoms with Crippen LogP contribution in [0.5, 0.6) is 5.75 Å². The first kappa shape index (κ1) is 11.0. The van der Waals surface area contributed by atoms with Gasteiger partial charge in [-0.3, -0.25) is 0 Å². The summed E-state index contributed by atoms with van der Waals surface area (Å²) in [6, 6.07) is 2.04. The van der Waals surface area contributed by atoms with Crippen molar-refractivity contribution in [3.63, 3.8) is 0 Å². The Morgan fingerprint density at radius 3 is 3.06 bits per heavy atom. The molecule has 1 fully saturated rings. The van der Waals surface area contributed by atoms with E-state index in [1.807, 2.05) is 6.07 Å².